The molecule has 22 heavy (non-hydrogen) atoms. The summed E-state index contributed by atoms with van der Waals surface area (Å²) in [6, 6.07) is 4.04. The van der Waals surface area contributed by atoms with Crippen LogP contribution in [0.4, 0.5) is 5.69 Å². The molecule has 0 saturated carbocycles. The Balaban J connectivity index is 3.12. The molecule has 3 N–H and O–H groups in total. The van der Waals surface area contributed by atoms with Gasteiger partial charge >= 0.3 is 17.9 Å². The van der Waals surface area contributed by atoms with Gasteiger partial charge in [-0.2, -0.15) is 0 Å². The predicted octanol–water partition coefficient (Wildman–Crippen LogP) is 0.661. The van der Waals surface area contributed by atoms with Crippen molar-refractivity contribution >= 4 is 23.6 Å². The molecule has 0 saturated heterocycles. The van der Waals surface area contributed by atoms with E-state index in [1.165, 1.54) is 18.2 Å². The van der Waals surface area contributed by atoms with E-state index in [1.54, 1.807) is 0 Å². The molecule has 0 aromatic heterocycles. The number of phenols is 1. The van der Waals surface area contributed by atoms with Crippen LogP contribution in [0.15, 0.2) is 30.0 Å². The molecule has 0 aliphatic rings. The molecule has 8 nitrogen and oxygen atoms in total. The fraction of sp³-hybridized carbons (Fsp3) is 0.214. The Labute approximate surface area is 126 Å². The SMILES string of the molecule is COC(=O)/C=C(/Nc1cc(CC(=O)O)ccc1O)C(=O)OC. The molecule has 0 unspecified atom stereocenters. The number of ether oxygens (including phenoxy) is 2. The minimum Gasteiger partial charge on any atom is -0.506 e. The van der Waals surface area contributed by atoms with Gasteiger partial charge in [0.1, 0.15) is 11.4 Å². The number of anilines is 1. The normalized spacial score (nSPS) is 10.7. The molecule has 0 radical (unpaired) electrons. The van der Waals surface area contributed by atoms with Crippen LogP contribution in [0.25, 0.3) is 0 Å². The molecule has 1 aromatic carbocycles. The number of nitrogens with one attached hydrogen (secondary N) is 1. The lowest BCUT2D eigenvalue weighted by atomic mass is 10.1. The van der Waals surface area contributed by atoms with Gasteiger partial charge in [-0.1, -0.05) is 6.07 Å². The van der Waals surface area contributed by atoms with E-state index in [0.29, 0.717) is 5.56 Å². The van der Waals surface area contributed by atoms with E-state index in [-0.39, 0.29) is 23.6 Å². The summed E-state index contributed by atoms with van der Waals surface area (Å²) in [6.45, 7) is 0. The number of phenolic OH excluding ortho intramolecular Hbond substituents is 1. The van der Waals surface area contributed by atoms with Gasteiger partial charge in [-0.15, -0.1) is 0 Å². The van der Waals surface area contributed by atoms with E-state index < -0.39 is 17.9 Å². The highest BCUT2D eigenvalue weighted by Gasteiger charge is 2.15. The van der Waals surface area contributed by atoms with Gasteiger partial charge in [-0.05, 0) is 17.7 Å². The smallest absolute Gasteiger partial charge is 0.354 e. The van der Waals surface area contributed by atoms with Crippen molar-refractivity contribution in [1.29, 1.82) is 0 Å². The molecule has 0 spiro atoms. The van der Waals surface area contributed by atoms with Gasteiger partial charge in [-0.3, -0.25) is 4.79 Å². The van der Waals surface area contributed by atoms with E-state index in [4.69, 9.17) is 5.11 Å². The summed E-state index contributed by atoms with van der Waals surface area (Å²) >= 11 is 0. The lowest BCUT2D eigenvalue weighted by molar-refractivity contribution is -0.138. The number of carboxylic acid groups (broad SMARTS) is 1. The van der Waals surface area contributed by atoms with Gasteiger partial charge in [0.05, 0.1) is 32.4 Å². The quantitative estimate of drug-likeness (QED) is 0.398. The zero-order valence-electron chi connectivity index (χ0n) is 12.0. The maximum Gasteiger partial charge on any atom is 0.354 e. The molecule has 1 rings (SSSR count). The van der Waals surface area contributed by atoms with Gasteiger partial charge in [-0.25, -0.2) is 9.59 Å². The first-order valence-corrected chi connectivity index (χ1v) is 6.06. The first kappa shape index (κ1) is 17.0. The standard InChI is InChI=1S/C14H15NO7/c1-21-13(19)7-10(14(20)22-2)15-9-5-8(6-12(17)18)3-4-11(9)16/h3-5,7,15-16H,6H2,1-2H3,(H,17,18)/b10-7+. The Hall–Kier alpha value is -3.03. The van der Waals surface area contributed by atoms with Crippen LogP contribution in [0.5, 0.6) is 5.75 Å². The van der Waals surface area contributed by atoms with Gasteiger partial charge < -0.3 is 25.0 Å². The highest BCUT2D eigenvalue weighted by atomic mass is 16.5. The van der Waals surface area contributed by atoms with Crippen LogP contribution in [-0.4, -0.2) is 42.3 Å². The third-order valence-corrected chi connectivity index (χ3v) is 2.55. The van der Waals surface area contributed by atoms with E-state index >= 15 is 0 Å². The topological polar surface area (TPSA) is 122 Å². The third-order valence-electron chi connectivity index (χ3n) is 2.55. The number of carbonyl (C=O) groups is 3. The van der Waals surface area contributed by atoms with Crippen molar-refractivity contribution in [2.75, 3.05) is 19.5 Å². The van der Waals surface area contributed by atoms with Gasteiger partial charge in [0.2, 0.25) is 0 Å². The van der Waals surface area contributed by atoms with Crippen LogP contribution in [0.1, 0.15) is 5.56 Å². The Bertz CT molecular complexity index is 622. The molecule has 118 valence electrons. The highest BCUT2D eigenvalue weighted by Crippen LogP contribution is 2.26. The monoisotopic (exact) mass is 309 g/mol. The predicted molar refractivity (Wildman–Crippen MR) is 75.2 cm³/mol. The summed E-state index contributed by atoms with van der Waals surface area (Å²) in [6.07, 6.45) is 0.596. The number of hydrogen-bond donors (Lipinski definition) is 3. The van der Waals surface area contributed by atoms with Gasteiger partial charge in [0, 0.05) is 0 Å². The van der Waals surface area contributed by atoms with Crippen molar-refractivity contribution in [3.63, 3.8) is 0 Å². The van der Waals surface area contributed by atoms with E-state index in [1.807, 2.05) is 0 Å². The van der Waals surface area contributed by atoms with Crippen LogP contribution in [0, 0.1) is 0 Å². The second kappa shape index (κ2) is 7.67. The van der Waals surface area contributed by atoms with Crippen LogP contribution in [0.3, 0.4) is 0 Å². The summed E-state index contributed by atoms with van der Waals surface area (Å²) in [5.41, 5.74) is 0.187. The molecular weight excluding hydrogens is 294 g/mol. The summed E-state index contributed by atoms with van der Waals surface area (Å²) < 4.78 is 8.93. The molecule has 0 bridgehead atoms. The van der Waals surface area contributed by atoms with Crippen LogP contribution in [-0.2, 0) is 30.3 Å². The van der Waals surface area contributed by atoms with Gasteiger partial charge in [0.25, 0.3) is 0 Å². The second-order valence-corrected chi connectivity index (χ2v) is 4.12. The number of rotatable bonds is 6. The number of aliphatic carboxylic acids is 1. The third kappa shape index (κ3) is 4.82. The zero-order valence-corrected chi connectivity index (χ0v) is 12.0. The number of carbonyl (C=O) groups excluding carboxylic acids is 2. The van der Waals surface area contributed by atoms with Crippen molar-refractivity contribution in [3.8, 4) is 5.75 Å². The molecule has 0 aliphatic heterocycles. The van der Waals surface area contributed by atoms with Gasteiger partial charge in [0.15, 0.2) is 0 Å². The Morgan fingerprint density at radius 3 is 2.45 bits per heavy atom. The number of methoxy groups -OCH3 is 2. The minimum atomic E-state index is -1.05. The zero-order chi connectivity index (χ0) is 16.7. The maximum atomic E-state index is 11.6. The van der Waals surface area contributed by atoms with Crippen molar-refractivity contribution in [1.82, 2.24) is 0 Å². The molecule has 0 atom stereocenters. The van der Waals surface area contributed by atoms with Crippen LogP contribution < -0.4 is 5.32 Å². The minimum absolute atomic E-state index is 0.0549. The van der Waals surface area contributed by atoms with Crippen molar-refractivity contribution in [3.05, 3.63) is 35.5 Å². The summed E-state index contributed by atoms with van der Waals surface area (Å²) in [4.78, 5) is 33.5. The van der Waals surface area contributed by atoms with Crippen LogP contribution in [0.2, 0.25) is 0 Å². The van der Waals surface area contributed by atoms with Crippen molar-refractivity contribution < 1.29 is 34.1 Å². The van der Waals surface area contributed by atoms with Crippen molar-refractivity contribution in [2.24, 2.45) is 0 Å². The van der Waals surface area contributed by atoms with Crippen LogP contribution >= 0.6 is 0 Å². The highest BCUT2D eigenvalue weighted by molar-refractivity contribution is 5.99. The maximum absolute atomic E-state index is 11.6. The van der Waals surface area contributed by atoms with Crippen molar-refractivity contribution in [2.45, 2.75) is 6.42 Å². The van der Waals surface area contributed by atoms with E-state index in [2.05, 4.69) is 14.8 Å². The Morgan fingerprint density at radius 2 is 1.91 bits per heavy atom. The Morgan fingerprint density at radius 1 is 1.23 bits per heavy atom. The summed E-state index contributed by atoms with van der Waals surface area (Å²) in [5, 5.41) is 21.0. The number of aromatic hydroxyl groups is 1. The largest absolute Gasteiger partial charge is 0.506 e. The molecule has 1 aromatic rings. The first-order chi connectivity index (χ1) is 10.4. The number of esters is 2. The molecular formula is C14H15NO7. The first-order valence-electron chi connectivity index (χ1n) is 6.06. The second-order valence-electron chi connectivity index (χ2n) is 4.12. The molecule has 0 fully saturated rings. The average molecular weight is 309 g/mol. The lowest BCUT2D eigenvalue weighted by Gasteiger charge is -2.11. The lowest BCUT2D eigenvalue weighted by Crippen LogP contribution is -2.15. The van der Waals surface area contributed by atoms with E-state index in [0.717, 1.165) is 20.3 Å². The molecule has 0 amide bonds. The fourth-order valence-corrected chi connectivity index (χ4v) is 1.55. The molecule has 0 aliphatic carbocycles. The molecule has 8 heteroatoms. The number of hydrogen-bond acceptors (Lipinski definition) is 7. The fourth-order valence-electron chi connectivity index (χ4n) is 1.55. The number of carboxylic acids is 1. The van der Waals surface area contributed by atoms with E-state index in [9.17, 15) is 19.5 Å². The summed E-state index contributed by atoms with van der Waals surface area (Å²) in [7, 11) is 2.26. The molecule has 0 heterocycles. The number of benzene rings is 1. The summed E-state index contributed by atoms with van der Waals surface area (Å²) in [5.74, 6) is -2.92. The Kier molecular flexibility index (Phi) is 5.94. The average Bonchev–Trinajstić information content (AvgIpc) is 2.48.